The molecular weight excluding hydrogens is 326 g/mol. The molecule has 0 amide bonds. The highest BCUT2D eigenvalue weighted by Crippen LogP contribution is 2.33. The zero-order valence-corrected chi connectivity index (χ0v) is 15.2. The van der Waals surface area contributed by atoms with Crippen LogP contribution >= 0.6 is 11.3 Å². The average Bonchev–Trinajstić information content (AvgIpc) is 3.06. The van der Waals surface area contributed by atoms with Gasteiger partial charge in [-0.2, -0.15) is 5.26 Å². The van der Waals surface area contributed by atoms with Gasteiger partial charge in [0.05, 0.1) is 23.9 Å². The van der Waals surface area contributed by atoms with Crippen LogP contribution < -0.4 is 5.01 Å². The van der Waals surface area contributed by atoms with Crippen LogP contribution in [-0.4, -0.2) is 18.1 Å². The Morgan fingerprint density at radius 3 is 2.56 bits per heavy atom. The van der Waals surface area contributed by atoms with E-state index >= 15 is 0 Å². The van der Waals surface area contributed by atoms with Gasteiger partial charge in [-0.1, -0.05) is 24.3 Å². The third kappa shape index (κ3) is 3.13. The molecule has 3 nitrogen and oxygen atoms in total. The molecule has 0 atom stereocenters. The van der Waals surface area contributed by atoms with Gasteiger partial charge >= 0.3 is 0 Å². The molecule has 2 aromatic carbocycles. The van der Waals surface area contributed by atoms with Crippen molar-refractivity contribution in [1.82, 2.24) is 5.01 Å². The first-order valence-corrected chi connectivity index (χ1v) is 9.57. The van der Waals surface area contributed by atoms with Crippen molar-refractivity contribution in [1.29, 1.82) is 5.26 Å². The van der Waals surface area contributed by atoms with Crippen LogP contribution in [0.1, 0.15) is 28.2 Å². The number of rotatable bonds is 3. The van der Waals surface area contributed by atoms with E-state index in [4.69, 9.17) is 0 Å². The summed E-state index contributed by atoms with van der Waals surface area (Å²) in [7, 11) is 0. The summed E-state index contributed by atoms with van der Waals surface area (Å²) in [5.41, 5.74) is 1.96. The summed E-state index contributed by atoms with van der Waals surface area (Å²) in [6.45, 7) is 5.22. The third-order valence-corrected chi connectivity index (χ3v) is 5.80. The molecular formula is C21H21N3S. The van der Waals surface area contributed by atoms with Crippen molar-refractivity contribution in [2.24, 2.45) is 0 Å². The summed E-state index contributed by atoms with van der Waals surface area (Å²) in [5.74, 6) is 0. The molecule has 0 spiro atoms. The smallest absolute Gasteiger partial charge is 0.0998 e. The van der Waals surface area contributed by atoms with Crippen LogP contribution in [0.15, 0.2) is 48.5 Å². The molecule has 0 saturated carbocycles. The summed E-state index contributed by atoms with van der Waals surface area (Å²) in [6.07, 6.45) is 2.43. The molecule has 4 heteroatoms. The van der Waals surface area contributed by atoms with Crippen LogP contribution in [0.25, 0.3) is 10.8 Å². The topological polar surface area (TPSA) is 30.3 Å². The first kappa shape index (κ1) is 16.1. The number of anilines is 1. The van der Waals surface area contributed by atoms with Gasteiger partial charge in [0.15, 0.2) is 0 Å². The molecule has 1 aromatic heterocycles. The molecule has 3 aromatic rings. The first-order valence-electron chi connectivity index (χ1n) is 8.76. The predicted molar refractivity (Wildman–Crippen MR) is 105 cm³/mol. The minimum absolute atomic E-state index is 0.747. The second kappa shape index (κ2) is 6.87. The van der Waals surface area contributed by atoms with Crippen molar-refractivity contribution >= 4 is 27.8 Å². The van der Waals surface area contributed by atoms with Crippen molar-refractivity contribution in [3.63, 3.8) is 0 Å². The van der Waals surface area contributed by atoms with E-state index in [1.807, 2.05) is 29.5 Å². The molecule has 126 valence electrons. The maximum atomic E-state index is 9.41. The number of hydrogen-bond acceptors (Lipinski definition) is 4. The summed E-state index contributed by atoms with van der Waals surface area (Å²) in [5, 5.41) is 16.5. The lowest BCUT2D eigenvalue weighted by Crippen LogP contribution is -2.46. The Hall–Kier alpha value is -2.35. The molecule has 0 aliphatic carbocycles. The predicted octanol–water partition coefficient (Wildman–Crippen LogP) is 5.10. The summed E-state index contributed by atoms with van der Waals surface area (Å²) >= 11 is 1.88. The standard InChI is InChI=1S/C21H21N3S/c1-16-8-10-18(25-16)15-23-12-4-5-13-24(23)21-11-9-17(14-22)19-6-2-3-7-20(19)21/h2-3,6-11H,4-5,12-13,15H2,1H3. The van der Waals surface area contributed by atoms with E-state index in [2.05, 4.69) is 53.3 Å². The Balaban J connectivity index is 1.74. The van der Waals surface area contributed by atoms with Gasteiger partial charge < -0.3 is 5.01 Å². The number of nitrogens with zero attached hydrogens (tertiary/aromatic N) is 3. The molecule has 2 heterocycles. The fourth-order valence-electron chi connectivity index (χ4n) is 3.61. The second-order valence-corrected chi connectivity index (χ2v) is 7.89. The molecule has 0 bridgehead atoms. The van der Waals surface area contributed by atoms with Crippen LogP contribution in [0.4, 0.5) is 5.69 Å². The van der Waals surface area contributed by atoms with Gasteiger partial charge in [0.1, 0.15) is 0 Å². The molecule has 25 heavy (non-hydrogen) atoms. The molecule has 0 radical (unpaired) electrons. The Labute approximate surface area is 152 Å². The van der Waals surface area contributed by atoms with E-state index in [1.165, 1.54) is 28.3 Å². The van der Waals surface area contributed by atoms with E-state index in [9.17, 15) is 5.26 Å². The molecule has 4 rings (SSSR count). The van der Waals surface area contributed by atoms with E-state index in [0.717, 1.165) is 36.0 Å². The second-order valence-electron chi connectivity index (χ2n) is 6.52. The lowest BCUT2D eigenvalue weighted by atomic mass is 10.0. The molecule has 1 aliphatic rings. The van der Waals surface area contributed by atoms with Gasteiger partial charge in [0.25, 0.3) is 0 Å². The summed E-state index contributed by atoms with van der Waals surface area (Å²) < 4.78 is 0. The maximum absolute atomic E-state index is 9.41. The van der Waals surface area contributed by atoms with E-state index in [0.29, 0.717) is 0 Å². The molecule has 1 fully saturated rings. The van der Waals surface area contributed by atoms with Gasteiger partial charge in [0.2, 0.25) is 0 Å². The largest absolute Gasteiger partial charge is 0.305 e. The van der Waals surface area contributed by atoms with Crippen LogP contribution in [0.3, 0.4) is 0 Å². The van der Waals surface area contributed by atoms with Crippen molar-refractivity contribution in [2.45, 2.75) is 26.3 Å². The van der Waals surface area contributed by atoms with Crippen molar-refractivity contribution in [3.05, 3.63) is 63.8 Å². The van der Waals surface area contributed by atoms with Crippen molar-refractivity contribution in [2.75, 3.05) is 18.1 Å². The number of thiophene rings is 1. The minimum atomic E-state index is 0.747. The zero-order valence-electron chi connectivity index (χ0n) is 14.4. The molecule has 1 aliphatic heterocycles. The molecule has 0 unspecified atom stereocenters. The van der Waals surface area contributed by atoms with Crippen LogP contribution in [0.5, 0.6) is 0 Å². The Bertz CT molecular complexity index is 938. The maximum Gasteiger partial charge on any atom is 0.0998 e. The summed E-state index contributed by atoms with van der Waals surface area (Å²) in [6, 6.07) is 19.1. The van der Waals surface area contributed by atoms with Crippen LogP contribution in [-0.2, 0) is 6.54 Å². The van der Waals surface area contributed by atoms with Gasteiger partial charge in [-0.3, -0.25) is 0 Å². The SMILES string of the molecule is Cc1ccc(CN2CCCCN2c2ccc(C#N)c3ccccc23)s1. The molecule has 1 saturated heterocycles. The average molecular weight is 347 g/mol. The number of hydrogen-bond donors (Lipinski definition) is 0. The number of aryl methyl sites for hydroxylation is 1. The van der Waals surface area contributed by atoms with Gasteiger partial charge in [-0.05, 0) is 44.0 Å². The first-order chi connectivity index (χ1) is 12.3. The fraction of sp³-hybridized carbons (Fsp3) is 0.286. The fourth-order valence-corrected chi connectivity index (χ4v) is 4.51. The third-order valence-electron chi connectivity index (χ3n) is 4.81. The summed E-state index contributed by atoms with van der Waals surface area (Å²) in [4.78, 5) is 2.77. The lowest BCUT2D eigenvalue weighted by Gasteiger charge is -2.40. The molecule has 0 N–H and O–H groups in total. The normalized spacial score (nSPS) is 15.4. The zero-order chi connectivity index (χ0) is 17.2. The van der Waals surface area contributed by atoms with Crippen LogP contribution in [0.2, 0.25) is 0 Å². The lowest BCUT2D eigenvalue weighted by molar-refractivity contribution is 0.206. The van der Waals surface area contributed by atoms with Gasteiger partial charge in [-0.15, -0.1) is 11.3 Å². The van der Waals surface area contributed by atoms with E-state index < -0.39 is 0 Å². The van der Waals surface area contributed by atoms with Gasteiger partial charge in [0, 0.05) is 33.6 Å². The number of hydrazine groups is 1. The minimum Gasteiger partial charge on any atom is -0.305 e. The van der Waals surface area contributed by atoms with Crippen molar-refractivity contribution in [3.8, 4) is 6.07 Å². The monoisotopic (exact) mass is 347 g/mol. The Morgan fingerprint density at radius 1 is 1.00 bits per heavy atom. The van der Waals surface area contributed by atoms with E-state index in [-0.39, 0.29) is 0 Å². The highest BCUT2D eigenvalue weighted by Gasteiger charge is 2.23. The highest BCUT2D eigenvalue weighted by molar-refractivity contribution is 7.11. The van der Waals surface area contributed by atoms with Crippen molar-refractivity contribution < 1.29 is 0 Å². The number of nitriles is 1. The number of fused-ring (bicyclic) bond motifs is 1. The Kier molecular flexibility index (Phi) is 4.44. The van der Waals surface area contributed by atoms with Gasteiger partial charge in [-0.25, -0.2) is 5.01 Å². The quantitative estimate of drug-likeness (QED) is 0.660. The van der Waals surface area contributed by atoms with Crippen LogP contribution in [0, 0.1) is 18.3 Å². The Morgan fingerprint density at radius 2 is 1.80 bits per heavy atom. The highest BCUT2D eigenvalue weighted by atomic mass is 32.1. The number of benzene rings is 2. The van der Waals surface area contributed by atoms with E-state index in [1.54, 1.807) is 0 Å².